The van der Waals surface area contributed by atoms with E-state index in [1.165, 1.54) is 0 Å². The van der Waals surface area contributed by atoms with Crippen LogP contribution in [0, 0.1) is 0 Å². The largest absolute Gasteiger partial charge is 0.352 e. The Bertz CT molecular complexity index is 252. The Morgan fingerprint density at radius 1 is 1.50 bits per heavy atom. The number of carbonyl (C=O) groups excluding carboxylic acids is 1. The lowest BCUT2D eigenvalue weighted by Gasteiger charge is -2.29. The van der Waals surface area contributed by atoms with Gasteiger partial charge in [-0.2, -0.15) is 11.8 Å². The molecule has 0 aliphatic carbocycles. The van der Waals surface area contributed by atoms with Gasteiger partial charge in [0.1, 0.15) is 0 Å². The molecular weight excluding hydrogens is 244 g/mol. The second kappa shape index (κ2) is 8.05. The average molecular weight is 272 g/mol. The maximum absolute atomic E-state index is 12.4. The van der Waals surface area contributed by atoms with Crippen molar-refractivity contribution in [1.82, 2.24) is 10.6 Å². The van der Waals surface area contributed by atoms with Gasteiger partial charge in [-0.05, 0) is 50.7 Å². The molecule has 106 valence electrons. The minimum absolute atomic E-state index is 0.218. The molecule has 1 saturated heterocycles. The van der Waals surface area contributed by atoms with E-state index in [0.717, 1.165) is 50.2 Å². The highest BCUT2D eigenvalue weighted by Crippen LogP contribution is 2.25. The Hall–Kier alpha value is -0.220. The highest BCUT2D eigenvalue weighted by atomic mass is 32.2. The second-order valence-corrected chi connectivity index (χ2v) is 6.62. The quantitative estimate of drug-likeness (QED) is 0.667. The summed E-state index contributed by atoms with van der Waals surface area (Å²) in [5.41, 5.74) is -0.277. The molecule has 2 N–H and O–H groups in total. The van der Waals surface area contributed by atoms with Crippen molar-refractivity contribution in [1.29, 1.82) is 0 Å². The SMILES string of the molecule is CCCC1(C(=O)NC(C)CCSCC)CCCN1. The smallest absolute Gasteiger partial charge is 0.240 e. The van der Waals surface area contributed by atoms with Crippen molar-refractivity contribution in [3.8, 4) is 0 Å². The summed E-state index contributed by atoms with van der Waals surface area (Å²) in [4.78, 5) is 12.4. The molecule has 1 heterocycles. The molecule has 2 unspecified atom stereocenters. The number of amides is 1. The number of nitrogens with one attached hydrogen (secondary N) is 2. The van der Waals surface area contributed by atoms with Crippen LogP contribution in [0.15, 0.2) is 0 Å². The van der Waals surface area contributed by atoms with E-state index < -0.39 is 0 Å². The summed E-state index contributed by atoms with van der Waals surface area (Å²) in [7, 11) is 0. The van der Waals surface area contributed by atoms with E-state index in [2.05, 4.69) is 31.4 Å². The van der Waals surface area contributed by atoms with Crippen molar-refractivity contribution >= 4 is 17.7 Å². The predicted octanol–water partition coefficient (Wildman–Crippen LogP) is 2.56. The van der Waals surface area contributed by atoms with Crippen LogP contribution < -0.4 is 10.6 Å². The van der Waals surface area contributed by atoms with Crippen LogP contribution in [0.4, 0.5) is 0 Å². The van der Waals surface area contributed by atoms with E-state index in [-0.39, 0.29) is 17.5 Å². The molecule has 1 amide bonds. The fourth-order valence-electron chi connectivity index (χ4n) is 2.59. The lowest BCUT2D eigenvalue weighted by Crippen LogP contribution is -2.55. The first kappa shape index (κ1) is 15.8. The molecule has 0 radical (unpaired) electrons. The number of hydrogen-bond donors (Lipinski definition) is 2. The third-order valence-corrected chi connectivity index (χ3v) is 4.56. The van der Waals surface area contributed by atoms with E-state index in [0.29, 0.717) is 0 Å². The van der Waals surface area contributed by atoms with E-state index in [4.69, 9.17) is 0 Å². The van der Waals surface area contributed by atoms with Gasteiger partial charge in [-0.15, -0.1) is 0 Å². The summed E-state index contributed by atoms with van der Waals surface area (Å²) in [6, 6.07) is 0.285. The van der Waals surface area contributed by atoms with Gasteiger partial charge in [0.2, 0.25) is 5.91 Å². The number of carbonyl (C=O) groups is 1. The number of hydrogen-bond acceptors (Lipinski definition) is 3. The van der Waals surface area contributed by atoms with Crippen LogP contribution in [-0.2, 0) is 4.79 Å². The van der Waals surface area contributed by atoms with Crippen molar-refractivity contribution in [3.63, 3.8) is 0 Å². The van der Waals surface area contributed by atoms with E-state index in [9.17, 15) is 4.79 Å². The summed E-state index contributed by atoms with van der Waals surface area (Å²) in [6.07, 6.45) is 5.18. The first-order valence-corrected chi connectivity index (χ1v) is 8.44. The molecule has 0 aromatic rings. The van der Waals surface area contributed by atoms with Gasteiger partial charge in [-0.1, -0.05) is 20.3 Å². The molecule has 0 saturated carbocycles. The fraction of sp³-hybridized carbons (Fsp3) is 0.929. The predicted molar refractivity (Wildman–Crippen MR) is 80.1 cm³/mol. The average Bonchev–Trinajstić information content (AvgIpc) is 2.80. The Kier molecular flexibility index (Phi) is 7.08. The molecule has 3 nitrogen and oxygen atoms in total. The summed E-state index contributed by atoms with van der Waals surface area (Å²) < 4.78 is 0. The van der Waals surface area contributed by atoms with E-state index in [1.807, 2.05) is 11.8 Å². The zero-order valence-electron chi connectivity index (χ0n) is 12.1. The van der Waals surface area contributed by atoms with Crippen molar-refractivity contribution in [2.45, 2.75) is 64.5 Å². The minimum atomic E-state index is -0.277. The van der Waals surface area contributed by atoms with Crippen LogP contribution in [0.1, 0.15) is 52.9 Å². The Morgan fingerprint density at radius 2 is 2.28 bits per heavy atom. The topological polar surface area (TPSA) is 41.1 Å². The van der Waals surface area contributed by atoms with E-state index in [1.54, 1.807) is 0 Å². The first-order valence-electron chi connectivity index (χ1n) is 7.28. The molecular formula is C14H28N2OS. The maximum atomic E-state index is 12.4. The van der Waals surface area contributed by atoms with Crippen molar-refractivity contribution in [2.75, 3.05) is 18.1 Å². The third kappa shape index (κ3) is 4.47. The van der Waals surface area contributed by atoms with Crippen molar-refractivity contribution < 1.29 is 4.79 Å². The van der Waals surface area contributed by atoms with Crippen LogP contribution in [0.3, 0.4) is 0 Å². The zero-order chi connectivity index (χ0) is 13.4. The molecule has 4 heteroatoms. The Balaban J connectivity index is 2.41. The van der Waals surface area contributed by atoms with Gasteiger partial charge in [0.05, 0.1) is 5.54 Å². The van der Waals surface area contributed by atoms with Gasteiger partial charge < -0.3 is 10.6 Å². The number of rotatable bonds is 8. The van der Waals surface area contributed by atoms with Gasteiger partial charge >= 0.3 is 0 Å². The summed E-state index contributed by atoms with van der Waals surface area (Å²) in [6.45, 7) is 7.42. The Morgan fingerprint density at radius 3 is 2.83 bits per heavy atom. The molecule has 1 aliphatic rings. The van der Waals surface area contributed by atoms with Gasteiger partial charge in [0.25, 0.3) is 0 Å². The molecule has 0 aromatic heterocycles. The molecule has 18 heavy (non-hydrogen) atoms. The summed E-state index contributed by atoms with van der Waals surface area (Å²) >= 11 is 1.94. The van der Waals surface area contributed by atoms with Crippen LogP contribution in [0.2, 0.25) is 0 Å². The lowest BCUT2D eigenvalue weighted by molar-refractivity contribution is -0.128. The standard InChI is InChI=1S/C14H28N2OS/c1-4-8-14(9-6-10-15-14)13(17)16-12(3)7-11-18-5-2/h12,15H,4-11H2,1-3H3,(H,16,17). The molecule has 0 spiro atoms. The van der Waals surface area contributed by atoms with Crippen LogP contribution in [0.25, 0.3) is 0 Å². The number of thioether (sulfide) groups is 1. The second-order valence-electron chi connectivity index (χ2n) is 5.22. The van der Waals surface area contributed by atoms with Gasteiger partial charge in [-0.3, -0.25) is 4.79 Å². The van der Waals surface area contributed by atoms with Crippen LogP contribution in [-0.4, -0.2) is 35.5 Å². The lowest BCUT2D eigenvalue weighted by atomic mass is 9.90. The zero-order valence-corrected chi connectivity index (χ0v) is 12.9. The molecule has 0 bridgehead atoms. The molecule has 1 fully saturated rings. The van der Waals surface area contributed by atoms with Crippen molar-refractivity contribution in [2.24, 2.45) is 0 Å². The minimum Gasteiger partial charge on any atom is -0.352 e. The van der Waals surface area contributed by atoms with Crippen LogP contribution in [0.5, 0.6) is 0 Å². The highest BCUT2D eigenvalue weighted by Gasteiger charge is 2.40. The van der Waals surface area contributed by atoms with Crippen LogP contribution >= 0.6 is 11.8 Å². The summed E-state index contributed by atoms with van der Waals surface area (Å²) in [5, 5.41) is 6.62. The van der Waals surface area contributed by atoms with Gasteiger partial charge in [-0.25, -0.2) is 0 Å². The highest BCUT2D eigenvalue weighted by molar-refractivity contribution is 7.99. The molecule has 2 atom stereocenters. The van der Waals surface area contributed by atoms with Gasteiger partial charge in [0, 0.05) is 6.04 Å². The monoisotopic (exact) mass is 272 g/mol. The third-order valence-electron chi connectivity index (χ3n) is 3.63. The van der Waals surface area contributed by atoms with Gasteiger partial charge in [0.15, 0.2) is 0 Å². The molecule has 0 aromatic carbocycles. The fourth-order valence-corrected chi connectivity index (χ4v) is 3.40. The summed E-state index contributed by atoms with van der Waals surface area (Å²) in [5.74, 6) is 2.50. The maximum Gasteiger partial charge on any atom is 0.240 e. The normalized spacial score (nSPS) is 25.1. The molecule has 1 rings (SSSR count). The van der Waals surface area contributed by atoms with E-state index >= 15 is 0 Å². The first-order chi connectivity index (χ1) is 8.64. The van der Waals surface area contributed by atoms with Crippen molar-refractivity contribution in [3.05, 3.63) is 0 Å². The Labute approximate surface area is 116 Å². The molecule has 1 aliphatic heterocycles.